The van der Waals surface area contributed by atoms with E-state index in [-0.39, 0.29) is 17.8 Å². The number of carbonyl (C=O) groups is 3. The number of imide groups is 1. The van der Waals surface area contributed by atoms with E-state index in [1.165, 1.54) is 0 Å². The Morgan fingerprint density at radius 2 is 1.11 bits per heavy atom. The Morgan fingerprint density at radius 1 is 0.630 bits per heavy atom. The van der Waals surface area contributed by atoms with Gasteiger partial charge in [0.15, 0.2) is 0 Å². The van der Waals surface area contributed by atoms with Gasteiger partial charge in [-0.1, -0.05) is 30.3 Å². The number of urea groups is 1. The minimum atomic E-state index is -0.380. The first-order valence-corrected chi connectivity index (χ1v) is 8.34. The first kappa shape index (κ1) is 16.5. The highest BCUT2D eigenvalue weighted by atomic mass is 16.2. The third kappa shape index (κ3) is 3.16. The summed E-state index contributed by atoms with van der Waals surface area (Å²) in [5.41, 5.74) is 2.47. The summed E-state index contributed by atoms with van der Waals surface area (Å²) in [5.74, 6) is -0.698. The second-order valence-electron chi connectivity index (χ2n) is 5.98. The molecule has 132 valence electrons. The van der Waals surface area contributed by atoms with Crippen LogP contribution in [-0.2, 0) is 0 Å². The number of rotatable bonds is 3. The van der Waals surface area contributed by atoms with Crippen LogP contribution in [-0.4, -0.2) is 17.8 Å². The fraction of sp³-hybridized carbons (Fsp3) is 0. The molecule has 6 heteroatoms. The Morgan fingerprint density at radius 3 is 1.67 bits per heavy atom. The van der Waals surface area contributed by atoms with Gasteiger partial charge in [-0.15, -0.1) is 0 Å². The van der Waals surface area contributed by atoms with Crippen molar-refractivity contribution in [3.8, 4) is 0 Å². The van der Waals surface area contributed by atoms with Crippen molar-refractivity contribution in [1.82, 2.24) is 0 Å². The number of hydrogen-bond donors (Lipinski definition) is 2. The van der Waals surface area contributed by atoms with Crippen molar-refractivity contribution >= 4 is 34.9 Å². The van der Waals surface area contributed by atoms with Gasteiger partial charge < -0.3 is 10.6 Å². The van der Waals surface area contributed by atoms with Crippen LogP contribution in [0.15, 0.2) is 78.9 Å². The molecule has 0 radical (unpaired) electrons. The lowest BCUT2D eigenvalue weighted by atomic mass is 10.1. The van der Waals surface area contributed by atoms with Crippen molar-refractivity contribution in [2.75, 3.05) is 15.5 Å². The van der Waals surface area contributed by atoms with E-state index >= 15 is 0 Å². The molecule has 3 aromatic rings. The van der Waals surface area contributed by atoms with Gasteiger partial charge in [0, 0.05) is 11.4 Å². The monoisotopic (exact) mass is 357 g/mol. The van der Waals surface area contributed by atoms with Crippen molar-refractivity contribution in [3.63, 3.8) is 0 Å². The van der Waals surface area contributed by atoms with E-state index < -0.39 is 0 Å². The second kappa shape index (κ2) is 6.76. The predicted molar refractivity (Wildman–Crippen MR) is 103 cm³/mol. The molecule has 1 aliphatic heterocycles. The van der Waals surface area contributed by atoms with Gasteiger partial charge in [-0.3, -0.25) is 9.59 Å². The zero-order valence-corrected chi connectivity index (χ0v) is 14.2. The number of fused-ring (bicyclic) bond motifs is 1. The summed E-state index contributed by atoms with van der Waals surface area (Å²) in [6.07, 6.45) is 0. The van der Waals surface area contributed by atoms with Gasteiger partial charge in [-0.2, -0.15) is 0 Å². The van der Waals surface area contributed by atoms with E-state index in [0.717, 1.165) is 4.90 Å². The van der Waals surface area contributed by atoms with E-state index in [2.05, 4.69) is 10.6 Å². The summed E-state index contributed by atoms with van der Waals surface area (Å²) < 4.78 is 0. The summed E-state index contributed by atoms with van der Waals surface area (Å²) in [4.78, 5) is 38.2. The SMILES string of the molecule is O=C(Nc1ccccc1)Nc1ccc(N2C(=O)c3ccccc3C2=O)cc1. The largest absolute Gasteiger partial charge is 0.323 e. The zero-order valence-electron chi connectivity index (χ0n) is 14.2. The van der Waals surface area contributed by atoms with Crippen molar-refractivity contribution in [2.24, 2.45) is 0 Å². The summed E-state index contributed by atoms with van der Waals surface area (Å²) in [7, 11) is 0. The van der Waals surface area contributed by atoms with Gasteiger partial charge in [0.2, 0.25) is 0 Å². The lowest BCUT2D eigenvalue weighted by molar-refractivity contribution is 0.0926. The molecule has 0 saturated carbocycles. The average molecular weight is 357 g/mol. The summed E-state index contributed by atoms with van der Waals surface area (Å²) >= 11 is 0. The first-order valence-electron chi connectivity index (χ1n) is 8.34. The van der Waals surface area contributed by atoms with Gasteiger partial charge in [-0.05, 0) is 48.5 Å². The Balaban J connectivity index is 1.48. The van der Waals surface area contributed by atoms with Crippen molar-refractivity contribution in [2.45, 2.75) is 0 Å². The lowest BCUT2D eigenvalue weighted by Gasteiger charge is -2.14. The number of para-hydroxylation sites is 1. The number of carbonyl (C=O) groups excluding carboxylic acids is 3. The molecule has 0 unspecified atom stereocenters. The zero-order chi connectivity index (χ0) is 18.8. The Kier molecular flexibility index (Phi) is 4.14. The maximum atomic E-state index is 12.5. The van der Waals surface area contributed by atoms with Gasteiger partial charge in [-0.25, -0.2) is 9.69 Å². The minimum Gasteiger partial charge on any atom is -0.308 e. The quantitative estimate of drug-likeness (QED) is 0.692. The molecule has 2 N–H and O–H groups in total. The highest BCUT2D eigenvalue weighted by Gasteiger charge is 2.36. The highest BCUT2D eigenvalue weighted by Crippen LogP contribution is 2.29. The molecule has 4 amide bonds. The predicted octanol–water partition coefficient (Wildman–Crippen LogP) is 4.13. The maximum absolute atomic E-state index is 12.5. The van der Waals surface area contributed by atoms with Crippen molar-refractivity contribution < 1.29 is 14.4 Å². The van der Waals surface area contributed by atoms with Crippen LogP contribution in [0.5, 0.6) is 0 Å². The number of nitrogens with zero attached hydrogens (tertiary/aromatic N) is 1. The molecule has 1 heterocycles. The summed E-state index contributed by atoms with van der Waals surface area (Å²) in [5, 5.41) is 5.43. The van der Waals surface area contributed by atoms with Gasteiger partial charge in [0.1, 0.15) is 0 Å². The molecule has 0 spiro atoms. The van der Waals surface area contributed by atoms with Crippen molar-refractivity contribution in [1.29, 1.82) is 0 Å². The molecule has 3 aromatic carbocycles. The highest BCUT2D eigenvalue weighted by molar-refractivity contribution is 6.34. The van der Waals surface area contributed by atoms with E-state index in [1.54, 1.807) is 60.7 Å². The van der Waals surface area contributed by atoms with E-state index in [0.29, 0.717) is 28.2 Å². The van der Waals surface area contributed by atoms with Gasteiger partial charge in [0.05, 0.1) is 16.8 Å². The minimum absolute atomic E-state index is 0.349. The van der Waals surface area contributed by atoms with Crippen LogP contribution in [0.25, 0.3) is 0 Å². The summed E-state index contributed by atoms with van der Waals surface area (Å²) in [6.45, 7) is 0. The van der Waals surface area contributed by atoms with Crippen LogP contribution in [0.1, 0.15) is 20.7 Å². The molecule has 0 fully saturated rings. The molecular formula is C21H15N3O3. The number of benzene rings is 3. The van der Waals surface area contributed by atoms with Crippen LogP contribution < -0.4 is 15.5 Å². The average Bonchev–Trinajstić information content (AvgIpc) is 2.94. The molecule has 0 bridgehead atoms. The van der Waals surface area contributed by atoms with E-state index in [4.69, 9.17) is 0 Å². The number of hydrogen-bond acceptors (Lipinski definition) is 3. The molecular weight excluding hydrogens is 342 g/mol. The number of amides is 4. The van der Waals surface area contributed by atoms with Crippen LogP contribution in [0, 0.1) is 0 Å². The third-order valence-corrected chi connectivity index (χ3v) is 4.21. The number of nitrogens with one attached hydrogen (secondary N) is 2. The lowest BCUT2D eigenvalue weighted by Crippen LogP contribution is -2.29. The third-order valence-electron chi connectivity index (χ3n) is 4.21. The van der Waals surface area contributed by atoms with Crippen LogP contribution in [0.4, 0.5) is 21.9 Å². The molecule has 0 aromatic heterocycles. The fourth-order valence-electron chi connectivity index (χ4n) is 2.93. The maximum Gasteiger partial charge on any atom is 0.323 e. The van der Waals surface area contributed by atoms with Crippen LogP contribution >= 0.6 is 0 Å². The van der Waals surface area contributed by atoms with Crippen LogP contribution in [0.3, 0.4) is 0 Å². The molecule has 1 aliphatic rings. The molecule has 27 heavy (non-hydrogen) atoms. The number of anilines is 3. The Bertz CT molecular complexity index is 995. The molecule has 4 rings (SSSR count). The van der Waals surface area contributed by atoms with Crippen molar-refractivity contribution in [3.05, 3.63) is 90.0 Å². The standard InChI is InChI=1S/C21H15N3O3/c25-19-17-8-4-5-9-18(17)20(26)24(19)16-12-10-15(11-13-16)23-21(27)22-14-6-2-1-3-7-14/h1-13H,(H2,22,23,27). The van der Waals surface area contributed by atoms with E-state index in [1.807, 2.05) is 18.2 Å². The Hall–Kier alpha value is -3.93. The topological polar surface area (TPSA) is 78.5 Å². The molecule has 0 aliphatic carbocycles. The second-order valence-corrected chi connectivity index (χ2v) is 5.98. The normalized spacial score (nSPS) is 12.7. The fourth-order valence-corrected chi connectivity index (χ4v) is 2.93. The first-order chi connectivity index (χ1) is 13.1. The molecule has 0 atom stereocenters. The van der Waals surface area contributed by atoms with Gasteiger partial charge in [0.25, 0.3) is 11.8 Å². The Labute approximate surface area is 155 Å². The molecule has 0 saturated heterocycles. The molecule has 6 nitrogen and oxygen atoms in total. The van der Waals surface area contributed by atoms with Gasteiger partial charge >= 0.3 is 6.03 Å². The summed E-state index contributed by atoms with van der Waals surface area (Å²) in [6, 6.07) is 22.0. The smallest absolute Gasteiger partial charge is 0.308 e. The van der Waals surface area contributed by atoms with E-state index in [9.17, 15) is 14.4 Å². The van der Waals surface area contributed by atoms with Crippen LogP contribution in [0.2, 0.25) is 0 Å².